The molecular weight excluding hydrogens is 254 g/mol. The maximum Gasteiger partial charge on any atom is 0.252 e. The number of nitrogens with zero attached hydrogens (tertiary/aromatic N) is 1. The zero-order chi connectivity index (χ0) is 10.2. The number of pyridine rings is 1. The molecular formula is C9H9BrF2N2. The molecule has 0 aliphatic heterocycles. The average Bonchev–Trinajstić information content (AvgIpc) is 2.05. The Kier molecular flexibility index (Phi) is 2.43. The normalized spacial score (nSPS) is 20.2. The second-order valence-electron chi connectivity index (χ2n) is 3.46. The highest BCUT2D eigenvalue weighted by Crippen LogP contribution is 2.39. The van der Waals surface area contributed by atoms with E-state index in [0.717, 1.165) is 10.2 Å². The summed E-state index contributed by atoms with van der Waals surface area (Å²) in [5, 5.41) is 3.04. The monoisotopic (exact) mass is 262 g/mol. The summed E-state index contributed by atoms with van der Waals surface area (Å²) in [5.41, 5.74) is 0.820. The first-order valence-electron chi connectivity index (χ1n) is 4.31. The molecule has 14 heavy (non-hydrogen) atoms. The zero-order valence-electron chi connectivity index (χ0n) is 7.30. The van der Waals surface area contributed by atoms with E-state index < -0.39 is 5.92 Å². The quantitative estimate of drug-likeness (QED) is 0.887. The third kappa shape index (κ3) is 2.03. The summed E-state index contributed by atoms with van der Waals surface area (Å²) in [4.78, 5) is 3.89. The minimum atomic E-state index is -2.48. The Hall–Kier alpha value is -0.710. The molecule has 0 atom stereocenters. The van der Waals surface area contributed by atoms with Crippen LogP contribution in [0.4, 0.5) is 14.5 Å². The van der Waals surface area contributed by atoms with E-state index >= 15 is 0 Å². The van der Waals surface area contributed by atoms with Crippen molar-refractivity contribution in [3.63, 3.8) is 0 Å². The molecule has 1 aliphatic rings. The zero-order valence-corrected chi connectivity index (χ0v) is 8.89. The van der Waals surface area contributed by atoms with Crippen LogP contribution in [0.25, 0.3) is 0 Å². The summed E-state index contributed by atoms with van der Waals surface area (Å²) in [7, 11) is 0. The fraction of sp³-hybridized carbons (Fsp3) is 0.444. The molecule has 1 aromatic heterocycles. The molecule has 0 unspecified atom stereocenters. The van der Waals surface area contributed by atoms with Crippen molar-refractivity contribution >= 4 is 21.6 Å². The molecule has 5 heteroatoms. The lowest BCUT2D eigenvalue weighted by molar-refractivity contribution is -0.0793. The molecule has 1 N–H and O–H groups in total. The molecule has 1 heterocycles. The lowest BCUT2D eigenvalue weighted by atomic mass is 9.88. The second kappa shape index (κ2) is 3.46. The minimum Gasteiger partial charge on any atom is -0.381 e. The van der Waals surface area contributed by atoms with E-state index in [4.69, 9.17) is 0 Å². The maximum atomic E-state index is 12.5. The van der Waals surface area contributed by atoms with Gasteiger partial charge in [0.15, 0.2) is 0 Å². The lowest BCUT2D eigenvalue weighted by Gasteiger charge is -2.36. The summed E-state index contributed by atoms with van der Waals surface area (Å²) >= 11 is 3.29. The van der Waals surface area contributed by atoms with Crippen LogP contribution in [-0.2, 0) is 0 Å². The molecule has 76 valence electrons. The van der Waals surface area contributed by atoms with Gasteiger partial charge in [-0.3, -0.25) is 4.98 Å². The molecule has 1 aromatic rings. The molecule has 1 saturated carbocycles. The SMILES string of the molecule is FC1(F)CC(Nc2ccncc2Br)C1. The Morgan fingerprint density at radius 1 is 1.50 bits per heavy atom. The van der Waals surface area contributed by atoms with E-state index in [0.29, 0.717) is 0 Å². The van der Waals surface area contributed by atoms with Crippen LogP contribution < -0.4 is 5.32 Å². The minimum absolute atomic E-state index is 0.0816. The third-order valence-corrected chi connectivity index (χ3v) is 2.85. The molecule has 1 fully saturated rings. The van der Waals surface area contributed by atoms with E-state index in [-0.39, 0.29) is 18.9 Å². The van der Waals surface area contributed by atoms with E-state index in [2.05, 4.69) is 26.2 Å². The number of hydrogen-bond donors (Lipinski definition) is 1. The average molecular weight is 263 g/mol. The van der Waals surface area contributed by atoms with E-state index in [1.54, 1.807) is 18.5 Å². The molecule has 0 radical (unpaired) electrons. The van der Waals surface area contributed by atoms with Gasteiger partial charge in [-0.15, -0.1) is 0 Å². The number of hydrogen-bond acceptors (Lipinski definition) is 2. The van der Waals surface area contributed by atoms with Gasteiger partial charge < -0.3 is 5.32 Å². The summed E-state index contributed by atoms with van der Waals surface area (Å²) < 4.78 is 25.9. The number of rotatable bonds is 2. The Balaban J connectivity index is 1.97. The number of alkyl halides is 2. The van der Waals surface area contributed by atoms with Gasteiger partial charge in [0.05, 0.1) is 10.2 Å². The smallest absolute Gasteiger partial charge is 0.252 e. The van der Waals surface area contributed by atoms with Gasteiger partial charge in [-0.2, -0.15) is 0 Å². The predicted octanol–water partition coefficient (Wildman–Crippen LogP) is 3.05. The Labute approximate surface area is 88.9 Å². The van der Waals surface area contributed by atoms with E-state index in [1.807, 2.05) is 0 Å². The predicted molar refractivity (Wildman–Crippen MR) is 53.5 cm³/mol. The van der Waals surface area contributed by atoms with Gasteiger partial charge in [-0.1, -0.05) is 0 Å². The maximum absolute atomic E-state index is 12.5. The topological polar surface area (TPSA) is 24.9 Å². The molecule has 0 spiro atoms. The summed E-state index contributed by atoms with van der Waals surface area (Å²) in [6.07, 6.45) is 3.10. The number of anilines is 1. The highest BCUT2D eigenvalue weighted by molar-refractivity contribution is 9.10. The van der Waals surface area contributed by atoms with Crippen molar-refractivity contribution in [1.29, 1.82) is 0 Å². The van der Waals surface area contributed by atoms with Gasteiger partial charge in [-0.05, 0) is 22.0 Å². The van der Waals surface area contributed by atoms with Crippen LogP contribution in [0, 0.1) is 0 Å². The molecule has 0 saturated heterocycles. The first-order chi connectivity index (χ1) is 6.57. The van der Waals surface area contributed by atoms with Gasteiger partial charge in [-0.25, -0.2) is 8.78 Å². The van der Waals surface area contributed by atoms with E-state index in [1.165, 1.54) is 0 Å². The fourth-order valence-corrected chi connectivity index (χ4v) is 1.84. The van der Waals surface area contributed by atoms with Crippen molar-refractivity contribution in [2.75, 3.05) is 5.32 Å². The van der Waals surface area contributed by atoms with Crippen molar-refractivity contribution in [2.45, 2.75) is 24.8 Å². The van der Waals surface area contributed by atoms with Crippen LogP contribution in [0.15, 0.2) is 22.9 Å². The van der Waals surface area contributed by atoms with Crippen molar-refractivity contribution in [3.8, 4) is 0 Å². The summed E-state index contributed by atoms with van der Waals surface area (Å²) in [6, 6.07) is 1.64. The van der Waals surface area contributed by atoms with Crippen molar-refractivity contribution in [1.82, 2.24) is 4.98 Å². The molecule has 2 rings (SSSR count). The van der Waals surface area contributed by atoms with Gasteiger partial charge in [0.1, 0.15) is 0 Å². The molecule has 2 nitrogen and oxygen atoms in total. The van der Waals surface area contributed by atoms with Crippen LogP contribution >= 0.6 is 15.9 Å². The standard InChI is InChI=1S/C9H9BrF2N2/c10-7-5-13-2-1-8(7)14-6-3-9(11,12)4-6/h1-2,5-6H,3-4H2,(H,13,14). The largest absolute Gasteiger partial charge is 0.381 e. The van der Waals surface area contributed by atoms with E-state index in [9.17, 15) is 8.78 Å². The highest BCUT2D eigenvalue weighted by Gasteiger charge is 2.45. The third-order valence-electron chi connectivity index (χ3n) is 2.22. The van der Waals surface area contributed by atoms with Gasteiger partial charge >= 0.3 is 0 Å². The van der Waals surface area contributed by atoms with Crippen molar-refractivity contribution < 1.29 is 8.78 Å². The van der Waals surface area contributed by atoms with Crippen LogP contribution in [-0.4, -0.2) is 16.9 Å². The van der Waals surface area contributed by atoms with Gasteiger partial charge in [0, 0.05) is 31.3 Å². The lowest BCUT2D eigenvalue weighted by Crippen LogP contribution is -2.44. The Morgan fingerprint density at radius 2 is 2.21 bits per heavy atom. The van der Waals surface area contributed by atoms with Gasteiger partial charge in [0.25, 0.3) is 5.92 Å². The van der Waals surface area contributed by atoms with Crippen LogP contribution in [0.3, 0.4) is 0 Å². The van der Waals surface area contributed by atoms with Crippen LogP contribution in [0.5, 0.6) is 0 Å². The fourth-order valence-electron chi connectivity index (χ4n) is 1.48. The van der Waals surface area contributed by atoms with Crippen LogP contribution in [0.1, 0.15) is 12.8 Å². The number of halogens is 3. The number of aromatic nitrogens is 1. The molecule has 0 amide bonds. The number of nitrogens with one attached hydrogen (secondary N) is 1. The molecule has 0 aromatic carbocycles. The highest BCUT2D eigenvalue weighted by atomic mass is 79.9. The first kappa shape index (κ1) is 9.83. The van der Waals surface area contributed by atoms with Crippen LogP contribution in [0.2, 0.25) is 0 Å². The Bertz CT molecular complexity index is 335. The Morgan fingerprint density at radius 3 is 2.79 bits per heavy atom. The summed E-state index contributed by atoms with van der Waals surface area (Å²) in [5.74, 6) is -2.48. The molecule has 0 bridgehead atoms. The van der Waals surface area contributed by atoms with Gasteiger partial charge in [0.2, 0.25) is 0 Å². The van der Waals surface area contributed by atoms with Crippen molar-refractivity contribution in [3.05, 3.63) is 22.9 Å². The second-order valence-corrected chi connectivity index (χ2v) is 4.32. The first-order valence-corrected chi connectivity index (χ1v) is 5.10. The molecule has 1 aliphatic carbocycles. The summed E-state index contributed by atoms with van der Waals surface area (Å²) in [6.45, 7) is 0. The van der Waals surface area contributed by atoms with Crippen molar-refractivity contribution in [2.24, 2.45) is 0 Å².